The number of carbonyl (C=O) groups is 1. The minimum Gasteiger partial charge on any atom is -0.321 e. The molecule has 0 radical (unpaired) electrons. The summed E-state index contributed by atoms with van der Waals surface area (Å²) in [5, 5.41) is 0. The summed E-state index contributed by atoms with van der Waals surface area (Å²) in [5.41, 5.74) is 6.28. The Labute approximate surface area is 72.6 Å². The number of nitrogens with two attached hydrogens (primary N) is 1. The van der Waals surface area contributed by atoms with E-state index in [2.05, 4.69) is 9.98 Å². The van der Waals surface area contributed by atoms with E-state index in [4.69, 9.17) is 5.73 Å². The molecule has 0 aromatic rings. The van der Waals surface area contributed by atoms with Gasteiger partial charge in [-0.2, -0.15) is 0 Å². The molecule has 4 nitrogen and oxygen atoms in total. The highest BCUT2D eigenvalue weighted by Gasteiger charge is 2.09. The van der Waals surface area contributed by atoms with Crippen molar-refractivity contribution in [2.75, 3.05) is 14.1 Å². The first-order valence-corrected chi connectivity index (χ1v) is 3.75. The minimum absolute atomic E-state index is 0.0272. The molecule has 0 aliphatic heterocycles. The molecule has 0 amide bonds. The molecule has 0 aromatic carbocycles. The van der Waals surface area contributed by atoms with E-state index in [0.717, 1.165) is 5.71 Å². The summed E-state index contributed by atoms with van der Waals surface area (Å²) in [6, 6.07) is -0.457. The van der Waals surface area contributed by atoms with Gasteiger partial charge < -0.3 is 5.73 Å². The fourth-order valence-electron chi connectivity index (χ4n) is 0.720. The van der Waals surface area contributed by atoms with Crippen molar-refractivity contribution in [3.05, 3.63) is 0 Å². The average Bonchev–Trinajstić information content (AvgIpc) is 2.03. The van der Waals surface area contributed by atoms with Gasteiger partial charge in [0.2, 0.25) is 0 Å². The van der Waals surface area contributed by atoms with Crippen molar-refractivity contribution in [2.24, 2.45) is 15.7 Å². The summed E-state index contributed by atoms with van der Waals surface area (Å²) in [6.45, 7) is 1.47. The Morgan fingerprint density at radius 3 is 2.50 bits per heavy atom. The Balaban J connectivity index is 4.13. The van der Waals surface area contributed by atoms with Crippen molar-refractivity contribution in [3.8, 4) is 0 Å². The molecular formula is C8H15N3O. The highest BCUT2D eigenvalue weighted by atomic mass is 16.1. The summed E-state index contributed by atoms with van der Waals surface area (Å²) in [5.74, 6) is -0.0272. The SMILES string of the molecule is CN=CC(CC(N)C(C)=O)=NC. The molecule has 1 unspecified atom stereocenters. The van der Waals surface area contributed by atoms with Gasteiger partial charge in [-0.1, -0.05) is 0 Å². The minimum atomic E-state index is -0.457. The van der Waals surface area contributed by atoms with E-state index in [1.54, 1.807) is 20.3 Å². The smallest absolute Gasteiger partial charge is 0.146 e. The van der Waals surface area contributed by atoms with Gasteiger partial charge in [0.15, 0.2) is 0 Å². The van der Waals surface area contributed by atoms with E-state index in [0.29, 0.717) is 6.42 Å². The van der Waals surface area contributed by atoms with Gasteiger partial charge in [0.25, 0.3) is 0 Å². The molecule has 0 aromatic heterocycles. The summed E-state index contributed by atoms with van der Waals surface area (Å²) in [6.07, 6.45) is 2.08. The van der Waals surface area contributed by atoms with Gasteiger partial charge in [-0.05, 0) is 6.92 Å². The topological polar surface area (TPSA) is 67.8 Å². The maximum Gasteiger partial charge on any atom is 0.146 e. The Morgan fingerprint density at radius 1 is 1.58 bits per heavy atom. The predicted octanol–water partition coefficient (Wildman–Crippen LogP) is 0.0642. The Kier molecular flexibility index (Phi) is 5.12. The predicted molar refractivity (Wildman–Crippen MR) is 51.0 cm³/mol. The molecule has 0 spiro atoms. The van der Waals surface area contributed by atoms with Crippen molar-refractivity contribution in [2.45, 2.75) is 19.4 Å². The number of Topliss-reactive ketones (excluding diaryl/α,β-unsaturated/α-hetero) is 1. The monoisotopic (exact) mass is 169 g/mol. The summed E-state index contributed by atoms with van der Waals surface area (Å²) >= 11 is 0. The highest BCUT2D eigenvalue weighted by Crippen LogP contribution is 1.92. The van der Waals surface area contributed by atoms with Crippen molar-refractivity contribution in [1.29, 1.82) is 0 Å². The van der Waals surface area contributed by atoms with Crippen LogP contribution < -0.4 is 5.73 Å². The molecule has 0 rings (SSSR count). The highest BCUT2D eigenvalue weighted by molar-refractivity contribution is 6.31. The van der Waals surface area contributed by atoms with Gasteiger partial charge >= 0.3 is 0 Å². The maximum absolute atomic E-state index is 10.8. The van der Waals surface area contributed by atoms with Crippen LogP contribution in [-0.4, -0.2) is 37.8 Å². The van der Waals surface area contributed by atoms with Crippen LogP contribution in [0.25, 0.3) is 0 Å². The van der Waals surface area contributed by atoms with Crippen molar-refractivity contribution < 1.29 is 4.79 Å². The third-order valence-electron chi connectivity index (χ3n) is 1.52. The number of aliphatic imine (C=N–C) groups is 2. The third kappa shape index (κ3) is 3.98. The lowest BCUT2D eigenvalue weighted by atomic mass is 10.1. The summed E-state index contributed by atoms with van der Waals surface area (Å²) < 4.78 is 0. The number of hydrogen-bond acceptors (Lipinski definition) is 4. The lowest BCUT2D eigenvalue weighted by molar-refractivity contribution is -0.118. The fraction of sp³-hybridized carbons (Fsp3) is 0.625. The fourth-order valence-corrected chi connectivity index (χ4v) is 0.720. The Morgan fingerprint density at radius 2 is 2.17 bits per heavy atom. The molecule has 0 bridgehead atoms. The molecule has 12 heavy (non-hydrogen) atoms. The normalized spacial score (nSPS) is 15.2. The zero-order valence-electron chi connectivity index (χ0n) is 7.74. The second-order valence-corrected chi connectivity index (χ2v) is 2.52. The van der Waals surface area contributed by atoms with Crippen molar-refractivity contribution in [1.82, 2.24) is 0 Å². The van der Waals surface area contributed by atoms with E-state index in [9.17, 15) is 4.79 Å². The molecule has 0 aliphatic carbocycles. The molecule has 0 aliphatic rings. The Hall–Kier alpha value is -1.03. The second kappa shape index (κ2) is 5.60. The standard InChI is InChI=1S/C8H15N3O/c1-6(12)8(9)4-7(11-3)5-10-2/h5,8H,4,9H2,1-3H3. The van der Waals surface area contributed by atoms with E-state index < -0.39 is 6.04 Å². The lowest BCUT2D eigenvalue weighted by Crippen LogP contribution is -2.31. The van der Waals surface area contributed by atoms with Crippen LogP contribution in [0.15, 0.2) is 9.98 Å². The van der Waals surface area contributed by atoms with Crippen molar-refractivity contribution >= 4 is 17.7 Å². The molecule has 4 heteroatoms. The molecule has 68 valence electrons. The van der Waals surface area contributed by atoms with Crippen LogP contribution >= 0.6 is 0 Å². The van der Waals surface area contributed by atoms with Crippen LogP contribution in [0.2, 0.25) is 0 Å². The van der Waals surface area contributed by atoms with Crippen LogP contribution in [0.1, 0.15) is 13.3 Å². The number of hydrogen-bond donors (Lipinski definition) is 1. The van der Waals surface area contributed by atoms with Gasteiger partial charge in [0.1, 0.15) is 5.78 Å². The molecular weight excluding hydrogens is 154 g/mol. The van der Waals surface area contributed by atoms with Crippen LogP contribution in [0.4, 0.5) is 0 Å². The average molecular weight is 169 g/mol. The van der Waals surface area contributed by atoms with Crippen LogP contribution in [0, 0.1) is 0 Å². The van der Waals surface area contributed by atoms with Gasteiger partial charge in [-0.3, -0.25) is 14.8 Å². The first kappa shape index (κ1) is 11.0. The number of carbonyl (C=O) groups excluding carboxylic acids is 1. The maximum atomic E-state index is 10.8. The summed E-state index contributed by atoms with van der Waals surface area (Å²) in [7, 11) is 3.31. The molecule has 0 saturated carbocycles. The van der Waals surface area contributed by atoms with Gasteiger partial charge in [-0.25, -0.2) is 0 Å². The molecule has 1 atom stereocenters. The van der Waals surface area contributed by atoms with Crippen molar-refractivity contribution in [3.63, 3.8) is 0 Å². The molecule has 0 heterocycles. The zero-order valence-corrected chi connectivity index (χ0v) is 7.74. The van der Waals surface area contributed by atoms with Gasteiger partial charge in [0.05, 0.1) is 11.8 Å². The first-order valence-electron chi connectivity index (χ1n) is 3.75. The van der Waals surface area contributed by atoms with E-state index in [1.165, 1.54) is 6.92 Å². The lowest BCUT2D eigenvalue weighted by Gasteiger charge is -2.05. The quantitative estimate of drug-likeness (QED) is 0.605. The molecule has 0 saturated heterocycles. The number of ketones is 1. The van der Waals surface area contributed by atoms with E-state index >= 15 is 0 Å². The number of rotatable bonds is 4. The molecule has 2 N–H and O–H groups in total. The summed E-state index contributed by atoms with van der Waals surface area (Å²) in [4.78, 5) is 18.5. The van der Waals surface area contributed by atoms with Gasteiger partial charge in [-0.15, -0.1) is 0 Å². The van der Waals surface area contributed by atoms with E-state index in [1.807, 2.05) is 0 Å². The third-order valence-corrected chi connectivity index (χ3v) is 1.52. The van der Waals surface area contributed by atoms with Crippen LogP contribution in [0.5, 0.6) is 0 Å². The van der Waals surface area contributed by atoms with E-state index in [-0.39, 0.29) is 5.78 Å². The second-order valence-electron chi connectivity index (χ2n) is 2.52. The van der Waals surface area contributed by atoms with Crippen LogP contribution in [0.3, 0.4) is 0 Å². The largest absolute Gasteiger partial charge is 0.321 e. The van der Waals surface area contributed by atoms with Crippen LogP contribution in [-0.2, 0) is 4.79 Å². The molecule has 0 fully saturated rings. The number of nitrogens with zero attached hydrogens (tertiary/aromatic N) is 2. The van der Waals surface area contributed by atoms with Gasteiger partial charge in [0, 0.05) is 26.7 Å². The first-order chi connectivity index (χ1) is 5.61. The zero-order chi connectivity index (χ0) is 9.56. The Bertz CT molecular complexity index is 208.